The third-order valence-electron chi connectivity index (χ3n) is 2.56. The molecule has 6 nitrogen and oxygen atoms in total. The summed E-state index contributed by atoms with van der Waals surface area (Å²) < 4.78 is 49.8. The lowest BCUT2D eigenvalue weighted by atomic mass is 10.4. The predicted molar refractivity (Wildman–Crippen MR) is 73.0 cm³/mol. The van der Waals surface area contributed by atoms with Gasteiger partial charge in [-0.2, -0.15) is 0 Å². The molecular formula is C11H18N2O4S2. The molecule has 0 aliphatic heterocycles. The van der Waals surface area contributed by atoms with E-state index in [1.54, 1.807) is 6.92 Å². The van der Waals surface area contributed by atoms with Gasteiger partial charge in [0.1, 0.15) is 0 Å². The topological polar surface area (TPSA) is 106 Å². The Morgan fingerprint density at radius 3 is 2.32 bits per heavy atom. The van der Waals surface area contributed by atoms with Crippen molar-refractivity contribution in [3.63, 3.8) is 0 Å². The zero-order valence-electron chi connectivity index (χ0n) is 10.8. The zero-order chi connectivity index (χ0) is 14.7. The first kappa shape index (κ1) is 16.1. The van der Waals surface area contributed by atoms with E-state index in [1.165, 1.54) is 25.1 Å². The predicted octanol–water partition coefficient (Wildman–Crippen LogP) is 0.106. The fourth-order valence-corrected chi connectivity index (χ4v) is 3.68. The average molecular weight is 306 g/mol. The molecule has 0 aromatic heterocycles. The van der Waals surface area contributed by atoms with Crippen LogP contribution in [-0.4, -0.2) is 35.2 Å². The fraction of sp³-hybridized carbons (Fsp3) is 0.455. The fourth-order valence-electron chi connectivity index (χ4n) is 1.38. The summed E-state index contributed by atoms with van der Waals surface area (Å²) in [7, 11) is -7.19. The summed E-state index contributed by atoms with van der Waals surface area (Å²) in [6, 6.07) is 4.87. The van der Waals surface area contributed by atoms with Gasteiger partial charge in [0.25, 0.3) is 0 Å². The molecule has 0 spiro atoms. The molecule has 0 aliphatic carbocycles. The van der Waals surface area contributed by atoms with Crippen LogP contribution in [0, 0.1) is 0 Å². The molecule has 0 unspecified atom stereocenters. The van der Waals surface area contributed by atoms with Crippen LogP contribution in [-0.2, 0) is 19.9 Å². The quantitative estimate of drug-likeness (QED) is 0.775. The molecule has 1 atom stereocenters. The molecule has 0 amide bonds. The lowest BCUT2D eigenvalue weighted by Gasteiger charge is -2.12. The summed E-state index contributed by atoms with van der Waals surface area (Å²) in [5.74, 6) is -0.0802. The lowest BCUT2D eigenvalue weighted by molar-refractivity contribution is 0.562. The lowest BCUT2D eigenvalue weighted by Crippen LogP contribution is -2.37. The first-order valence-corrected chi connectivity index (χ1v) is 8.91. The van der Waals surface area contributed by atoms with Crippen LogP contribution in [0.15, 0.2) is 34.1 Å². The number of hydrogen-bond acceptors (Lipinski definition) is 5. The summed E-state index contributed by atoms with van der Waals surface area (Å²) in [6.07, 6.45) is 0. The maximum absolute atomic E-state index is 12.0. The van der Waals surface area contributed by atoms with Gasteiger partial charge in [-0.3, -0.25) is 0 Å². The van der Waals surface area contributed by atoms with Crippen molar-refractivity contribution in [2.75, 3.05) is 12.3 Å². The van der Waals surface area contributed by atoms with Gasteiger partial charge in [-0.05, 0) is 25.1 Å². The van der Waals surface area contributed by atoms with Crippen molar-refractivity contribution < 1.29 is 16.8 Å². The van der Waals surface area contributed by atoms with E-state index in [0.29, 0.717) is 0 Å². The van der Waals surface area contributed by atoms with Gasteiger partial charge in [-0.15, -0.1) is 0 Å². The Balaban J connectivity index is 3.20. The number of rotatable bonds is 6. The van der Waals surface area contributed by atoms with Crippen LogP contribution in [0.25, 0.3) is 0 Å². The monoisotopic (exact) mass is 306 g/mol. The summed E-state index contributed by atoms with van der Waals surface area (Å²) in [5, 5.41) is 0. The van der Waals surface area contributed by atoms with Crippen molar-refractivity contribution >= 4 is 19.9 Å². The Hall–Kier alpha value is -0.960. The summed E-state index contributed by atoms with van der Waals surface area (Å²) >= 11 is 0. The smallest absolute Gasteiger partial charge is 0.240 e. The summed E-state index contributed by atoms with van der Waals surface area (Å²) in [6.45, 7) is 3.29. The highest BCUT2D eigenvalue weighted by Crippen LogP contribution is 2.17. The molecule has 0 fully saturated rings. The molecule has 0 heterocycles. The first-order valence-electron chi connectivity index (χ1n) is 5.78. The first-order chi connectivity index (χ1) is 8.73. The maximum atomic E-state index is 12.0. The van der Waals surface area contributed by atoms with E-state index in [9.17, 15) is 16.8 Å². The second-order valence-electron chi connectivity index (χ2n) is 4.14. The molecule has 0 bridgehead atoms. The maximum Gasteiger partial charge on any atom is 0.240 e. The highest BCUT2D eigenvalue weighted by Gasteiger charge is 2.19. The number of sulfone groups is 1. The number of benzene rings is 1. The van der Waals surface area contributed by atoms with E-state index in [1.807, 2.05) is 0 Å². The van der Waals surface area contributed by atoms with E-state index in [0.717, 1.165) is 6.07 Å². The van der Waals surface area contributed by atoms with Gasteiger partial charge in [0.15, 0.2) is 9.84 Å². The minimum absolute atomic E-state index is 0.00160. The summed E-state index contributed by atoms with van der Waals surface area (Å²) in [4.78, 5) is -0.0828. The SMILES string of the molecule is CCS(=O)(=O)c1cccc(S(=O)(=O)N[C@@H](C)CN)c1. The molecule has 108 valence electrons. The molecular weight excluding hydrogens is 288 g/mol. The third-order valence-corrected chi connectivity index (χ3v) is 5.88. The molecule has 1 aromatic carbocycles. The van der Waals surface area contributed by atoms with Crippen LogP contribution in [0.5, 0.6) is 0 Å². The van der Waals surface area contributed by atoms with Gasteiger partial charge in [0.2, 0.25) is 10.0 Å². The molecule has 1 rings (SSSR count). The van der Waals surface area contributed by atoms with Crippen molar-refractivity contribution in [2.24, 2.45) is 5.73 Å². The second-order valence-corrected chi connectivity index (χ2v) is 8.13. The Kier molecular flexibility index (Phi) is 5.08. The minimum Gasteiger partial charge on any atom is -0.329 e. The highest BCUT2D eigenvalue weighted by molar-refractivity contribution is 7.91. The molecule has 3 N–H and O–H groups in total. The molecule has 0 saturated carbocycles. The van der Waals surface area contributed by atoms with E-state index >= 15 is 0 Å². The van der Waals surface area contributed by atoms with Crippen molar-refractivity contribution in [1.29, 1.82) is 0 Å². The molecule has 0 aliphatic rings. The minimum atomic E-state index is -3.76. The molecule has 0 radical (unpaired) electrons. The normalized spacial score (nSPS) is 14.3. The largest absolute Gasteiger partial charge is 0.329 e. The van der Waals surface area contributed by atoms with Crippen molar-refractivity contribution in [3.8, 4) is 0 Å². The zero-order valence-corrected chi connectivity index (χ0v) is 12.5. The van der Waals surface area contributed by atoms with Crippen LogP contribution < -0.4 is 10.5 Å². The van der Waals surface area contributed by atoms with E-state index in [4.69, 9.17) is 5.73 Å². The average Bonchev–Trinajstić information content (AvgIpc) is 2.38. The van der Waals surface area contributed by atoms with Gasteiger partial charge in [0, 0.05) is 12.6 Å². The van der Waals surface area contributed by atoms with Crippen molar-refractivity contribution in [2.45, 2.75) is 29.7 Å². The van der Waals surface area contributed by atoms with E-state index in [-0.39, 0.29) is 22.1 Å². The van der Waals surface area contributed by atoms with Gasteiger partial charge in [-0.1, -0.05) is 13.0 Å². The second kappa shape index (κ2) is 6.00. The number of nitrogens with two attached hydrogens (primary N) is 1. The van der Waals surface area contributed by atoms with Gasteiger partial charge in [0.05, 0.1) is 15.5 Å². The molecule has 19 heavy (non-hydrogen) atoms. The van der Waals surface area contributed by atoms with Crippen LogP contribution in [0.3, 0.4) is 0 Å². The highest BCUT2D eigenvalue weighted by atomic mass is 32.2. The van der Waals surface area contributed by atoms with Crippen LogP contribution in [0.4, 0.5) is 0 Å². The summed E-state index contributed by atoms with van der Waals surface area (Å²) in [5.41, 5.74) is 5.36. The van der Waals surface area contributed by atoms with Crippen LogP contribution in [0.2, 0.25) is 0 Å². The van der Waals surface area contributed by atoms with E-state index in [2.05, 4.69) is 4.72 Å². The Labute approximate surface area is 114 Å². The Morgan fingerprint density at radius 2 is 1.79 bits per heavy atom. The number of sulfonamides is 1. The van der Waals surface area contributed by atoms with Crippen LogP contribution in [0.1, 0.15) is 13.8 Å². The third kappa shape index (κ3) is 4.00. The van der Waals surface area contributed by atoms with E-state index < -0.39 is 25.9 Å². The van der Waals surface area contributed by atoms with Crippen LogP contribution >= 0.6 is 0 Å². The Morgan fingerprint density at radius 1 is 1.21 bits per heavy atom. The number of nitrogens with one attached hydrogen (secondary N) is 1. The number of hydrogen-bond donors (Lipinski definition) is 2. The van der Waals surface area contributed by atoms with Crippen molar-refractivity contribution in [3.05, 3.63) is 24.3 Å². The van der Waals surface area contributed by atoms with Crippen molar-refractivity contribution in [1.82, 2.24) is 4.72 Å². The van der Waals surface area contributed by atoms with Gasteiger partial charge >= 0.3 is 0 Å². The standard InChI is InChI=1S/C11H18N2O4S2/c1-3-18(14,15)10-5-4-6-11(7-10)19(16,17)13-9(2)8-12/h4-7,9,13H,3,8,12H2,1-2H3/t9-/m0/s1. The van der Waals surface area contributed by atoms with Gasteiger partial charge < -0.3 is 5.73 Å². The Bertz CT molecular complexity index is 638. The molecule has 8 heteroatoms. The van der Waals surface area contributed by atoms with Gasteiger partial charge in [-0.25, -0.2) is 21.6 Å². The molecule has 1 aromatic rings. The molecule has 0 saturated heterocycles.